The molecule has 0 bridgehead atoms. The van der Waals surface area contributed by atoms with Crippen LogP contribution in [0.1, 0.15) is 55.4 Å². The molecule has 0 atom stereocenters. The van der Waals surface area contributed by atoms with Crippen LogP contribution in [-0.2, 0) is 10.2 Å². The predicted molar refractivity (Wildman–Crippen MR) is 148 cm³/mol. The number of hydrogen-bond donors (Lipinski definition) is 3. The molecule has 194 valence electrons. The van der Waals surface area contributed by atoms with Gasteiger partial charge in [-0.15, -0.1) is 11.3 Å². The van der Waals surface area contributed by atoms with Crippen molar-refractivity contribution in [2.45, 2.75) is 52.5 Å². The molecule has 1 fully saturated rings. The lowest BCUT2D eigenvalue weighted by Crippen LogP contribution is -2.63. The fourth-order valence-corrected chi connectivity index (χ4v) is 5.32. The molecule has 37 heavy (non-hydrogen) atoms. The largest absolute Gasteiger partial charge is 0.352 e. The molecule has 0 unspecified atom stereocenters. The first kappa shape index (κ1) is 26.3. The normalized spacial score (nSPS) is 15.2. The number of urea groups is 1. The van der Waals surface area contributed by atoms with Gasteiger partial charge in [0.1, 0.15) is 10.5 Å². The Morgan fingerprint density at radius 2 is 1.78 bits per heavy atom. The first-order valence-corrected chi connectivity index (χ1v) is 13.0. The Morgan fingerprint density at radius 1 is 1.08 bits per heavy atom. The highest BCUT2D eigenvalue weighted by Gasteiger charge is 2.42. The van der Waals surface area contributed by atoms with Gasteiger partial charge < -0.3 is 15.5 Å². The maximum Gasteiger partial charge on any atom is 0.324 e. The van der Waals surface area contributed by atoms with Crippen molar-refractivity contribution in [3.8, 4) is 11.1 Å². The summed E-state index contributed by atoms with van der Waals surface area (Å²) in [6, 6.07) is 10.9. The third-order valence-corrected chi connectivity index (χ3v) is 7.99. The van der Waals surface area contributed by atoms with E-state index in [0.717, 1.165) is 21.6 Å². The number of piperazine rings is 1. The van der Waals surface area contributed by atoms with Gasteiger partial charge in [0.05, 0.1) is 5.56 Å². The van der Waals surface area contributed by atoms with Crippen LogP contribution in [0.25, 0.3) is 11.1 Å². The van der Waals surface area contributed by atoms with Crippen LogP contribution in [0.2, 0.25) is 0 Å². The molecular formula is C28H33N5O3S. The SMILES string of the molecule is Cc1ccc(NC(=O)Nc2sc(C(C)(C)C)cc2C(=O)N2CCNC(=O)C2(C)C)cc1-c1ccncc1. The van der Waals surface area contributed by atoms with Gasteiger partial charge in [0.15, 0.2) is 0 Å². The number of anilines is 2. The molecule has 1 aromatic carbocycles. The number of aromatic nitrogens is 1. The number of carbonyl (C=O) groups excluding carboxylic acids is 3. The second kappa shape index (κ2) is 9.97. The second-order valence-corrected chi connectivity index (χ2v) is 11.8. The van der Waals surface area contributed by atoms with Gasteiger partial charge >= 0.3 is 6.03 Å². The fraction of sp³-hybridized carbons (Fsp3) is 0.357. The van der Waals surface area contributed by atoms with E-state index in [4.69, 9.17) is 0 Å². The highest BCUT2D eigenvalue weighted by atomic mass is 32.1. The molecule has 3 aromatic rings. The molecule has 3 N–H and O–H groups in total. The summed E-state index contributed by atoms with van der Waals surface area (Å²) in [5.74, 6) is -0.479. The first-order chi connectivity index (χ1) is 17.4. The highest BCUT2D eigenvalue weighted by Crippen LogP contribution is 2.38. The Bertz CT molecular complexity index is 1340. The van der Waals surface area contributed by atoms with E-state index < -0.39 is 11.6 Å². The molecule has 0 radical (unpaired) electrons. The molecule has 1 saturated heterocycles. The molecule has 9 heteroatoms. The first-order valence-electron chi connectivity index (χ1n) is 12.2. The van der Waals surface area contributed by atoms with Gasteiger partial charge in [-0.2, -0.15) is 0 Å². The summed E-state index contributed by atoms with van der Waals surface area (Å²) in [7, 11) is 0. The van der Waals surface area contributed by atoms with E-state index in [-0.39, 0.29) is 17.2 Å². The van der Waals surface area contributed by atoms with Gasteiger partial charge in [-0.3, -0.25) is 19.9 Å². The molecule has 0 spiro atoms. The fourth-order valence-electron chi connectivity index (χ4n) is 4.22. The van der Waals surface area contributed by atoms with E-state index in [1.54, 1.807) is 31.1 Å². The Labute approximate surface area is 221 Å². The predicted octanol–water partition coefficient (Wildman–Crippen LogP) is 5.41. The number of amides is 4. The van der Waals surface area contributed by atoms with Crippen molar-refractivity contribution in [3.05, 3.63) is 64.8 Å². The Kier molecular flexibility index (Phi) is 7.10. The lowest BCUT2D eigenvalue weighted by molar-refractivity contribution is -0.133. The summed E-state index contributed by atoms with van der Waals surface area (Å²) < 4.78 is 0. The molecule has 1 aliphatic heterocycles. The summed E-state index contributed by atoms with van der Waals surface area (Å²) >= 11 is 1.37. The number of pyridine rings is 1. The van der Waals surface area contributed by atoms with Crippen LogP contribution in [0.4, 0.5) is 15.5 Å². The molecule has 0 aliphatic carbocycles. The third-order valence-electron chi connectivity index (χ3n) is 6.51. The minimum Gasteiger partial charge on any atom is -0.352 e. The van der Waals surface area contributed by atoms with Crippen LogP contribution in [0.5, 0.6) is 0 Å². The van der Waals surface area contributed by atoms with Gasteiger partial charge in [-0.25, -0.2) is 4.79 Å². The molecule has 4 amide bonds. The van der Waals surface area contributed by atoms with E-state index in [0.29, 0.717) is 29.3 Å². The number of rotatable bonds is 4. The van der Waals surface area contributed by atoms with Gasteiger partial charge in [0.25, 0.3) is 5.91 Å². The average Bonchev–Trinajstić information content (AvgIpc) is 3.26. The highest BCUT2D eigenvalue weighted by molar-refractivity contribution is 7.16. The van der Waals surface area contributed by atoms with Crippen LogP contribution in [-0.4, -0.2) is 46.4 Å². The van der Waals surface area contributed by atoms with Crippen molar-refractivity contribution in [2.75, 3.05) is 23.7 Å². The Morgan fingerprint density at radius 3 is 2.46 bits per heavy atom. The molecular weight excluding hydrogens is 486 g/mol. The molecule has 4 rings (SSSR count). The molecule has 1 aliphatic rings. The third kappa shape index (κ3) is 5.51. The van der Waals surface area contributed by atoms with Gasteiger partial charge in [-0.1, -0.05) is 26.8 Å². The van der Waals surface area contributed by atoms with Crippen LogP contribution < -0.4 is 16.0 Å². The van der Waals surface area contributed by atoms with Crippen molar-refractivity contribution < 1.29 is 14.4 Å². The number of carbonyl (C=O) groups is 3. The molecule has 0 saturated carbocycles. The van der Waals surface area contributed by atoms with Crippen LogP contribution >= 0.6 is 11.3 Å². The van der Waals surface area contributed by atoms with Crippen LogP contribution in [0.3, 0.4) is 0 Å². The van der Waals surface area contributed by atoms with E-state index in [1.807, 2.05) is 43.3 Å². The van der Waals surface area contributed by atoms with E-state index in [1.165, 1.54) is 11.3 Å². The van der Waals surface area contributed by atoms with Gasteiger partial charge in [-0.05, 0) is 73.2 Å². The van der Waals surface area contributed by atoms with Crippen molar-refractivity contribution in [1.82, 2.24) is 15.2 Å². The summed E-state index contributed by atoms with van der Waals surface area (Å²) in [6.07, 6.45) is 3.47. The molecule has 8 nitrogen and oxygen atoms in total. The van der Waals surface area contributed by atoms with Gasteiger partial charge in [0, 0.05) is 36.0 Å². The summed E-state index contributed by atoms with van der Waals surface area (Å²) in [5.41, 5.74) is 2.87. The Hall–Kier alpha value is -3.72. The number of nitrogens with one attached hydrogen (secondary N) is 3. The van der Waals surface area contributed by atoms with E-state index >= 15 is 0 Å². The lowest BCUT2D eigenvalue weighted by atomic mass is 9.93. The number of thiophene rings is 1. The maximum atomic E-state index is 13.7. The quantitative estimate of drug-likeness (QED) is 0.429. The van der Waals surface area contributed by atoms with Crippen LogP contribution in [0, 0.1) is 6.92 Å². The Balaban J connectivity index is 1.61. The summed E-state index contributed by atoms with van der Waals surface area (Å²) in [4.78, 5) is 45.8. The van der Waals surface area contributed by atoms with Crippen LogP contribution in [0.15, 0.2) is 48.8 Å². The standard InChI is InChI=1S/C28H33N5O3S/c1-17-7-8-19(15-20(17)18-9-11-29-12-10-18)31-26(36)32-23-21(16-22(37-23)27(2,3)4)24(34)33-14-13-30-25(35)28(33,5)6/h7-12,15-16H,13-14H2,1-6H3,(H,30,35)(H2,31,32,36). The lowest BCUT2D eigenvalue weighted by Gasteiger charge is -2.41. The average molecular weight is 520 g/mol. The van der Waals surface area contributed by atoms with Gasteiger partial charge in [0.2, 0.25) is 5.91 Å². The number of hydrogen-bond acceptors (Lipinski definition) is 5. The smallest absolute Gasteiger partial charge is 0.324 e. The summed E-state index contributed by atoms with van der Waals surface area (Å²) in [6.45, 7) is 12.4. The number of aryl methyl sites for hydroxylation is 1. The zero-order valence-corrected chi connectivity index (χ0v) is 22.9. The van der Waals surface area contributed by atoms with Crippen molar-refractivity contribution in [2.24, 2.45) is 0 Å². The number of nitrogens with zero attached hydrogens (tertiary/aromatic N) is 2. The summed E-state index contributed by atoms with van der Waals surface area (Å²) in [5, 5.41) is 9.06. The minimum atomic E-state index is -0.996. The molecule has 2 aromatic heterocycles. The van der Waals surface area contributed by atoms with E-state index in [2.05, 4.69) is 41.7 Å². The number of benzene rings is 1. The zero-order valence-electron chi connectivity index (χ0n) is 22.1. The van der Waals surface area contributed by atoms with Crippen molar-refractivity contribution >= 4 is 39.9 Å². The zero-order chi connectivity index (χ0) is 27.0. The minimum absolute atomic E-state index is 0.199. The topological polar surface area (TPSA) is 103 Å². The van der Waals surface area contributed by atoms with Crippen molar-refractivity contribution in [3.63, 3.8) is 0 Å². The van der Waals surface area contributed by atoms with Crippen molar-refractivity contribution in [1.29, 1.82) is 0 Å². The maximum absolute atomic E-state index is 13.7. The van der Waals surface area contributed by atoms with E-state index in [9.17, 15) is 14.4 Å². The monoisotopic (exact) mass is 519 g/mol. The second-order valence-electron chi connectivity index (χ2n) is 10.7. The molecule has 3 heterocycles.